The van der Waals surface area contributed by atoms with Crippen molar-refractivity contribution in [2.45, 2.75) is 44.4 Å². The molecule has 3 unspecified atom stereocenters. The fourth-order valence-corrected chi connectivity index (χ4v) is 4.11. The highest BCUT2D eigenvalue weighted by atomic mass is 35.5. The van der Waals surface area contributed by atoms with Crippen molar-refractivity contribution in [3.8, 4) is 5.75 Å². The first-order valence-corrected chi connectivity index (χ1v) is 8.75. The molecule has 0 spiro atoms. The molecule has 3 rings (SSSR count). The van der Waals surface area contributed by atoms with Crippen molar-refractivity contribution < 1.29 is 14.6 Å². The van der Waals surface area contributed by atoms with Crippen LogP contribution in [0.3, 0.4) is 0 Å². The minimum atomic E-state index is -0.643. The number of halogens is 1. The molecule has 0 bridgehead atoms. The van der Waals surface area contributed by atoms with Crippen molar-refractivity contribution in [1.29, 1.82) is 0 Å². The van der Waals surface area contributed by atoms with Crippen molar-refractivity contribution in [3.63, 3.8) is 0 Å². The van der Waals surface area contributed by atoms with Crippen LogP contribution in [0.1, 0.15) is 31.7 Å². The van der Waals surface area contributed by atoms with Crippen molar-refractivity contribution >= 4 is 11.6 Å². The zero-order chi connectivity index (χ0) is 16.4. The maximum Gasteiger partial charge on any atom is 0.124 e. The Morgan fingerprint density at radius 1 is 1.48 bits per heavy atom. The van der Waals surface area contributed by atoms with Crippen LogP contribution in [-0.4, -0.2) is 48.5 Å². The largest absolute Gasteiger partial charge is 0.496 e. The van der Waals surface area contributed by atoms with E-state index in [1.54, 1.807) is 7.11 Å². The molecule has 2 saturated heterocycles. The number of hydrogen-bond donors (Lipinski definition) is 1. The summed E-state index contributed by atoms with van der Waals surface area (Å²) in [5.41, 5.74) is 0.496. The van der Waals surface area contributed by atoms with Gasteiger partial charge in [0, 0.05) is 35.7 Å². The maximum atomic E-state index is 10.8. The molecule has 2 aliphatic rings. The first kappa shape index (κ1) is 17.0. The standard InChI is InChI=1S/C18H26ClNO3/c1-18(21)7-9-23-12-15(18)16-4-3-8-20(16)11-13-5-6-14(19)10-17(13)22-2/h5-6,10,15-16,21H,3-4,7-9,11-12H2,1-2H3. The molecular formula is C18H26ClNO3. The lowest BCUT2D eigenvalue weighted by molar-refractivity contribution is -0.123. The van der Waals surface area contributed by atoms with Gasteiger partial charge in [0.15, 0.2) is 0 Å². The van der Waals surface area contributed by atoms with Gasteiger partial charge in [0.25, 0.3) is 0 Å². The number of likely N-dealkylation sites (tertiary alicyclic amines) is 1. The average Bonchev–Trinajstić information content (AvgIpc) is 2.96. The van der Waals surface area contributed by atoms with Gasteiger partial charge in [0.2, 0.25) is 0 Å². The lowest BCUT2D eigenvalue weighted by atomic mass is 9.79. The minimum absolute atomic E-state index is 0.164. The molecule has 4 nitrogen and oxygen atoms in total. The lowest BCUT2D eigenvalue weighted by Gasteiger charge is -2.43. The predicted octanol–water partition coefficient (Wildman–Crippen LogP) is 3.10. The number of nitrogens with zero attached hydrogens (tertiary/aromatic N) is 1. The van der Waals surface area contributed by atoms with Crippen LogP contribution in [-0.2, 0) is 11.3 Å². The molecule has 2 fully saturated rings. The first-order chi connectivity index (χ1) is 11.0. The molecule has 0 aromatic heterocycles. The van der Waals surface area contributed by atoms with Gasteiger partial charge in [-0.2, -0.15) is 0 Å². The van der Waals surface area contributed by atoms with Gasteiger partial charge in [0.1, 0.15) is 5.75 Å². The summed E-state index contributed by atoms with van der Waals surface area (Å²) in [6.45, 7) is 5.12. The molecule has 1 aromatic rings. The zero-order valence-corrected chi connectivity index (χ0v) is 14.7. The van der Waals surface area contributed by atoms with Crippen LogP contribution in [0.2, 0.25) is 5.02 Å². The van der Waals surface area contributed by atoms with Crippen LogP contribution < -0.4 is 4.74 Å². The van der Waals surface area contributed by atoms with Crippen LogP contribution in [0.25, 0.3) is 0 Å². The fraction of sp³-hybridized carbons (Fsp3) is 0.667. The third kappa shape index (κ3) is 3.66. The van der Waals surface area contributed by atoms with E-state index in [1.165, 1.54) is 0 Å². The van der Waals surface area contributed by atoms with Gasteiger partial charge in [0.05, 0.1) is 19.3 Å². The highest BCUT2D eigenvalue weighted by Gasteiger charge is 2.44. The van der Waals surface area contributed by atoms with Gasteiger partial charge >= 0.3 is 0 Å². The molecular weight excluding hydrogens is 314 g/mol. The lowest BCUT2D eigenvalue weighted by Crippen LogP contribution is -2.52. The monoisotopic (exact) mass is 339 g/mol. The van der Waals surface area contributed by atoms with Crippen molar-refractivity contribution in [1.82, 2.24) is 4.90 Å². The minimum Gasteiger partial charge on any atom is -0.496 e. The summed E-state index contributed by atoms with van der Waals surface area (Å²) in [4.78, 5) is 2.46. The SMILES string of the molecule is COc1cc(Cl)ccc1CN1CCCC1C1COCCC1(C)O. The van der Waals surface area contributed by atoms with E-state index in [0.717, 1.165) is 37.2 Å². The van der Waals surface area contributed by atoms with E-state index in [0.29, 0.717) is 30.7 Å². The molecule has 0 aliphatic carbocycles. The highest BCUT2D eigenvalue weighted by molar-refractivity contribution is 6.30. The van der Waals surface area contributed by atoms with E-state index in [4.69, 9.17) is 21.1 Å². The Labute approximate surface area is 143 Å². The molecule has 5 heteroatoms. The molecule has 3 atom stereocenters. The van der Waals surface area contributed by atoms with Gasteiger partial charge in [-0.25, -0.2) is 0 Å². The number of benzene rings is 1. The summed E-state index contributed by atoms with van der Waals surface area (Å²) in [5, 5.41) is 11.5. The summed E-state index contributed by atoms with van der Waals surface area (Å²) < 4.78 is 11.1. The third-order valence-corrected chi connectivity index (χ3v) is 5.59. The fourth-order valence-electron chi connectivity index (χ4n) is 3.95. The van der Waals surface area contributed by atoms with Crippen LogP contribution in [0.15, 0.2) is 18.2 Å². The maximum absolute atomic E-state index is 10.8. The molecule has 23 heavy (non-hydrogen) atoms. The van der Waals surface area contributed by atoms with Gasteiger partial charge in [-0.15, -0.1) is 0 Å². The molecule has 1 aromatic carbocycles. The zero-order valence-electron chi connectivity index (χ0n) is 13.9. The van der Waals surface area contributed by atoms with E-state index >= 15 is 0 Å². The smallest absolute Gasteiger partial charge is 0.124 e. The summed E-state index contributed by atoms with van der Waals surface area (Å²) in [7, 11) is 1.68. The molecule has 2 aliphatic heterocycles. The molecule has 0 saturated carbocycles. The second-order valence-electron chi connectivity index (χ2n) is 6.92. The van der Waals surface area contributed by atoms with Crippen molar-refractivity contribution in [3.05, 3.63) is 28.8 Å². The number of aliphatic hydroxyl groups is 1. The van der Waals surface area contributed by atoms with E-state index in [-0.39, 0.29) is 5.92 Å². The number of rotatable bonds is 4. The van der Waals surface area contributed by atoms with Gasteiger partial charge in [-0.3, -0.25) is 4.90 Å². The van der Waals surface area contributed by atoms with Crippen LogP contribution in [0, 0.1) is 5.92 Å². The second kappa shape index (κ2) is 6.98. The van der Waals surface area contributed by atoms with Crippen LogP contribution >= 0.6 is 11.6 Å². The highest BCUT2D eigenvalue weighted by Crippen LogP contribution is 2.37. The van der Waals surface area contributed by atoms with E-state index in [1.807, 2.05) is 25.1 Å². The second-order valence-corrected chi connectivity index (χ2v) is 7.36. The number of hydrogen-bond acceptors (Lipinski definition) is 4. The van der Waals surface area contributed by atoms with E-state index < -0.39 is 5.60 Å². The molecule has 0 amide bonds. The molecule has 0 radical (unpaired) electrons. The summed E-state index contributed by atoms with van der Waals surface area (Å²) in [6, 6.07) is 6.16. The topological polar surface area (TPSA) is 41.9 Å². The number of methoxy groups -OCH3 is 1. The molecule has 2 heterocycles. The Kier molecular flexibility index (Phi) is 5.16. The normalized spacial score (nSPS) is 32.2. The third-order valence-electron chi connectivity index (χ3n) is 5.35. The number of ether oxygens (including phenoxy) is 2. The Bertz CT molecular complexity index is 549. The van der Waals surface area contributed by atoms with E-state index in [9.17, 15) is 5.11 Å². The van der Waals surface area contributed by atoms with Crippen LogP contribution in [0.5, 0.6) is 5.75 Å². The summed E-state index contributed by atoms with van der Waals surface area (Å²) >= 11 is 6.06. The quantitative estimate of drug-likeness (QED) is 0.915. The summed E-state index contributed by atoms with van der Waals surface area (Å²) in [6.07, 6.45) is 2.99. The predicted molar refractivity (Wildman–Crippen MR) is 91.0 cm³/mol. The van der Waals surface area contributed by atoms with Crippen LogP contribution in [0.4, 0.5) is 0 Å². The van der Waals surface area contributed by atoms with Crippen molar-refractivity contribution in [2.75, 3.05) is 26.9 Å². The molecule has 1 N–H and O–H groups in total. The Balaban J connectivity index is 1.77. The first-order valence-electron chi connectivity index (χ1n) is 8.38. The Morgan fingerprint density at radius 2 is 2.30 bits per heavy atom. The van der Waals surface area contributed by atoms with E-state index in [2.05, 4.69) is 4.90 Å². The van der Waals surface area contributed by atoms with Gasteiger partial charge in [-0.1, -0.05) is 17.7 Å². The molecule has 128 valence electrons. The van der Waals surface area contributed by atoms with Gasteiger partial charge < -0.3 is 14.6 Å². The van der Waals surface area contributed by atoms with Crippen molar-refractivity contribution in [2.24, 2.45) is 5.92 Å². The van der Waals surface area contributed by atoms with Gasteiger partial charge in [-0.05, 0) is 44.9 Å². The Hall–Kier alpha value is -0.810. The average molecular weight is 340 g/mol. The Morgan fingerprint density at radius 3 is 3.04 bits per heavy atom. The summed E-state index contributed by atoms with van der Waals surface area (Å²) in [5.74, 6) is 0.992.